The number of nitrogens with zero attached hydrogens (tertiary/aromatic N) is 4. The molecule has 0 unspecified atom stereocenters. The smallest absolute Gasteiger partial charge is 0.140 e. The Morgan fingerprint density at radius 2 is 2.27 bits per heavy atom. The molecule has 0 aliphatic heterocycles. The second-order valence-corrected chi connectivity index (χ2v) is 4.28. The van der Waals surface area contributed by atoms with Crippen molar-refractivity contribution in [1.82, 2.24) is 19.7 Å². The topological polar surface area (TPSA) is 34.0 Å². The molecule has 0 radical (unpaired) electrons. The van der Waals surface area contributed by atoms with Crippen LogP contribution in [-0.4, -0.2) is 38.1 Å². The summed E-state index contributed by atoms with van der Waals surface area (Å²) in [6.07, 6.45) is 2.60. The monoisotopic (exact) mass is 230 g/mol. The maximum atomic E-state index is 5.70. The van der Waals surface area contributed by atoms with Crippen LogP contribution >= 0.6 is 11.6 Å². The first-order valence-electron chi connectivity index (χ1n) is 5.28. The zero-order chi connectivity index (χ0) is 11.3. The molecule has 1 aromatic rings. The molecule has 1 rings (SSSR count). The van der Waals surface area contributed by atoms with Crippen LogP contribution in [0.4, 0.5) is 0 Å². The second kappa shape index (κ2) is 6.08. The highest BCUT2D eigenvalue weighted by atomic mass is 35.5. The van der Waals surface area contributed by atoms with Crippen LogP contribution in [0.3, 0.4) is 0 Å². The Hall–Kier alpha value is -0.610. The molecule has 1 aromatic heterocycles. The predicted octanol–water partition coefficient (Wildman–Crippen LogP) is 1.65. The minimum Gasteiger partial charge on any atom is -0.293 e. The number of halogens is 1. The first-order valence-corrected chi connectivity index (χ1v) is 5.81. The van der Waals surface area contributed by atoms with Gasteiger partial charge in [-0.25, -0.2) is 4.98 Å². The van der Waals surface area contributed by atoms with Gasteiger partial charge in [-0.1, -0.05) is 0 Å². The lowest BCUT2D eigenvalue weighted by Crippen LogP contribution is -2.32. The lowest BCUT2D eigenvalue weighted by molar-refractivity contribution is 0.205. The molecule has 0 saturated carbocycles. The maximum Gasteiger partial charge on any atom is 0.140 e. The Kier molecular flexibility index (Phi) is 5.05. The van der Waals surface area contributed by atoms with Gasteiger partial charge >= 0.3 is 0 Å². The Bertz CT molecular complexity index is 285. The molecule has 0 aromatic carbocycles. The van der Waals surface area contributed by atoms with E-state index in [1.54, 1.807) is 6.33 Å². The van der Waals surface area contributed by atoms with E-state index < -0.39 is 0 Å². The van der Waals surface area contributed by atoms with Crippen molar-refractivity contribution in [3.63, 3.8) is 0 Å². The minimum absolute atomic E-state index is 0.505. The van der Waals surface area contributed by atoms with Gasteiger partial charge in [-0.05, 0) is 20.3 Å². The van der Waals surface area contributed by atoms with Crippen LogP contribution in [-0.2, 0) is 13.6 Å². The highest BCUT2D eigenvalue weighted by Gasteiger charge is 2.12. The van der Waals surface area contributed by atoms with E-state index in [9.17, 15) is 0 Å². The van der Waals surface area contributed by atoms with Gasteiger partial charge in [0.1, 0.15) is 12.2 Å². The molecule has 0 saturated heterocycles. The molecule has 1 heterocycles. The predicted molar refractivity (Wildman–Crippen MR) is 61.9 cm³/mol. The average molecular weight is 231 g/mol. The summed E-state index contributed by atoms with van der Waals surface area (Å²) in [7, 11) is 1.92. The van der Waals surface area contributed by atoms with Crippen LogP contribution < -0.4 is 0 Å². The summed E-state index contributed by atoms with van der Waals surface area (Å²) in [6.45, 7) is 6.22. The average Bonchev–Trinajstić information content (AvgIpc) is 2.58. The van der Waals surface area contributed by atoms with Crippen LogP contribution in [0, 0.1) is 0 Å². The molecule has 0 spiro atoms. The summed E-state index contributed by atoms with van der Waals surface area (Å²) in [6, 6.07) is 0.505. The first kappa shape index (κ1) is 12.5. The van der Waals surface area contributed by atoms with Crippen LogP contribution in [0.1, 0.15) is 26.1 Å². The van der Waals surface area contributed by atoms with Gasteiger partial charge in [0.05, 0.1) is 6.54 Å². The van der Waals surface area contributed by atoms with Gasteiger partial charge in [0.25, 0.3) is 0 Å². The highest BCUT2D eigenvalue weighted by Crippen LogP contribution is 2.06. The van der Waals surface area contributed by atoms with Crippen LogP contribution in [0.15, 0.2) is 6.33 Å². The summed E-state index contributed by atoms with van der Waals surface area (Å²) in [5.74, 6) is 1.71. The number of aryl methyl sites for hydroxylation is 1. The number of aromatic nitrogens is 3. The van der Waals surface area contributed by atoms with E-state index in [4.69, 9.17) is 11.6 Å². The van der Waals surface area contributed by atoms with E-state index in [0.29, 0.717) is 11.9 Å². The van der Waals surface area contributed by atoms with Crippen molar-refractivity contribution in [1.29, 1.82) is 0 Å². The van der Waals surface area contributed by atoms with E-state index in [0.717, 1.165) is 25.3 Å². The molecular formula is C10H19ClN4. The Morgan fingerprint density at radius 3 is 2.73 bits per heavy atom. The van der Waals surface area contributed by atoms with Crippen molar-refractivity contribution in [3.05, 3.63) is 12.2 Å². The third-order valence-corrected chi connectivity index (χ3v) is 2.73. The Balaban J connectivity index is 2.54. The molecule has 0 fully saturated rings. The van der Waals surface area contributed by atoms with Crippen molar-refractivity contribution in [3.8, 4) is 0 Å². The molecule has 0 bridgehead atoms. The van der Waals surface area contributed by atoms with E-state index in [-0.39, 0.29) is 0 Å². The van der Waals surface area contributed by atoms with E-state index in [1.807, 2.05) is 11.7 Å². The molecule has 0 atom stereocenters. The number of hydrogen-bond donors (Lipinski definition) is 0. The lowest BCUT2D eigenvalue weighted by atomic mass is 10.3. The molecule has 0 amide bonds. The number of hydrogen-bond acceptors (Lipinski definition) is 3. The summed E-state index contributed by atoms with van der Waals surface area (Å²) in [5.41, 5.74) is 0. The molecule has 0 aliphatic carbocycles. The van der Waals surface area contributed by atoms with E-state index in [1.165, 1.54) is 0 Å². The van der Waals surface area contributed by atoms with Crippen molar-refractivity contribution in [2.75, 3.05) is 12.4 Å². The van der Waals surface area contributed by atoms with Crippen LogP contribution in [0.5, 0.6) is 0 Å². The van der Waals surface area contributed by atoms with Gasteiger partial charge in [0.15, 0.2) is 0 Å². The second-order valence-electron chi connectivity index (χ2n) is 3.91. The molecule has 86 valence electrons. The highest BCUT2D eigenvalue weighted by molar-refractivity contribution is 6.17. The van der Waals surface area contributed by atoms with Crippen molar-refractivity contribution in [2.45, 2.75) is 32.9 Å². The fraction of sp³-hybridized carbons (Fsp3) is 0.800. The fourth-order valence-corrected chi connectivity index (χ4v) is 1.55. The molecule has 4 nitrogen and oxygen atoms in total. The molecule has 0 aliphatic rings. The first-order chi connectivity index (χ1) is 7.15. The van der Waals surface area contributed by atoms with Gasteiger partial charge in [-0.2, -0.15) is 5.10 Å². The summed E-state index contributed by atoms with van der Waals surface area (Å²) in [4.78, 5) is 6.58. The van der Waals surface area contributed by atoms with Gasteiger partial charge in [-0.3, -0.25) is 9.58 Å². The zero-order valence-electron chi connectivity index (χ0n) is 9.65. The largest absolute Gasteiger partial charge is 0.293 e. The minimum atomic E-state index is 0.505. The normalized spacial score (nSPS) is 11.6. The summed E-state index contributed by atoms with van der Waals surface area (Å²) >= 11 is 5.70. The SMILES string of the molecule is CC(C)N(CCCCl)Cc1ncnn1C. The third kappa shape index (κ3) is 3.80. The van der Waals surface area contributed by atoms with Crippen LogP contribution in [0.25, 0.3) is 0 Å². The number of alkyl halides is 1. The third-order valence-electron chi connectivity index (χ3n) is 2.46. The van der Waals surface area contributed by atoms with Crippen LogP contribution in [0.2, 0.25) is 0 Å². The molecule has 15 heavy (non-hydrogen) atoms. The summed E-state index contributed by atoms with van der Waals surface area (Å²) in [5, 5.41) is 4.06. The number of rotatable bonds is 6. The summed E-state index contributed by atoms with van der Waals surface area (Å²) < 4.78 is 1.82. The van der Waals surface area contributed by atoms with Gasteiger partial charge in [0.2, 0.25) is 0 Å². The zero-order valence-corrected chi connectivity index (χ0v) is 10.4. The standard InChI is InChI=1S/C10H19ClN4/c1-9(2)15(6-4-5-11)7-10-12-8-13-14(10)3/h8-9H,4-7H2,1-3H3. The van der Waals surface area contributed by atoms with E-state index >= 15 is 0 Å². The Morgan fingerprint density at radius 1 is 1.53 bits per heavy atom. The molecular weight excluding hydrogens is 212 g/mol. The van der Waals surface area contributed by atoms with E-state index in [2.05, 4.69) is 28.8 Å². The van der Waals surface area contributed by atoms with Gasteiger partial charge < -0.3 is 0 Å². The van der Waals surface area contributed by atoms with Crippen molar-refractivity contribution >= 4 is 11.6 Å². The quantitative estimate of drug-likeness (QED) is 0.697. The Labute approximate surface area is 96.2 Å². The van der Waals surface area contributed by atoms with Gasteiger partial charge in [-0.15, -0.1) is 11.6 Å². The van der Waals surface area contributed by atoms with Crippen molar-refractivity contribution in [2.24, 2.45) is 7.05 Å². The van der Waals surface area contributed by atoms with Gasteiger partial charge in [0, 0.05) is 25.5 Å². The van der Waals surface area contributed by atoms with Crippen molar-refractivity contribution < 1.29 is 0 Å². The molecule has 0 N–H and O–H groups in total. The molecule has 5 heteroatoms. The fourth-order valence-electron chi connectivity index (χ4n) is 1.43. The lowest BCUT2D eigenvalue weighted by Gasteiger charge is -2.25. The maximum absolute atomic E-state index is 5.70.